The van der Waals surface area contributed by atoms with E-state index in [2.05, 4.69) is 0 Å². The van der Waals surface area contributed by atoms with Gasteiger partial charge in [-0.25, -0.2) is 0 Å². The van der Waals surface area contributed by atoms with Crippen molar-refractivity contribution in [2.45, 2.75) is 12.0 Å². The van der Waals surface area contributed by atoms with Crippen LogP contribution in [0.3, 0.4) is 0 Å². The van der Waals surface area contributed by atoms with E-state index in [4.69, 9.17) is 15.6 Å². The molecule has 0 aliphatic carbocycles. The van der Waals surface area contributed by atoms with Crippen LogP contribution < -0.4 is 5.73 Å². The smallest absolute Gasteiger partial charge is 0.0685 e. The highest BCUT2D eigenvalue weighted by molar-refractivity contribution is 5.24. The van der Waals surface area contributed by atoms with Gasteiger partial charge in [-0.15, -0.1) is 0 Å². The quantitative estimate of drug-likeness (QED) is 0.733. The first-order valence-corrected chi connectivity index (χ1v) is 4.67. The average molecular weight is 195 g/mol. The molecule has 1 unspecified atom stereocenters. The van der Waals surface area contributed by atoms with Gasteiger partial charge < -0.3 is 15.6 Å². The summed E-state index contributed by atoms with van der Waals surface area (Å²) in [6.45, 7) is 0.478. The molecular formula is C11H17NO2. The van der Waals surface area contributed by atoms with Gasteiger partial charge in [-0.3, -0.25) is 0 Å². The van der Waals surface area contributed by atoms with Crippen LogP contribution in [0.4, 0.5) is 0 Å². The third-order valence-corrected chi connectivity index (χ3v) is 2.31. The van der Waals surface area contributed by atoms with Gasteiger partial charge in [-0.1, -0.05) is 30.3 Å². The van der Waals surface area contributed by atoms with E-state index in [-0.39, 0.29) is 6.61 Å². The molecule has 1 aromatic carbocycles. The summed E-state index contributed by atoms with van der Waals surface area (Å²) < 4.78 is 5.08. The molecule has 0 aliphatic rings. The molecule has 0 saturated heterocycles. The summed E-state index contributed by atoms with van der Waals surface area (Å²) in [6.07, 6.45) is 0.505. The lowest BCUT2D eigenvalue weighted by molar-refractivity contribution is 0.111. The Hall–Kier alpha value is -0.900. The normalized spacial score (nSPS) is 15.1. The van der Waals surface area contributed by atoms with Crippen molar-refractivity contribution in [3.8, 4) is 0 Å². The lowest BCUT2D eigenvalue weighted by Crippen LogP contribution is -2.42. The second-order valence-electron chi connectivity index (χ2n) is 3.43. The van der Waals surface area contributed by atoms with Gasteiger partial charge in [0.15, 0.2) is 0 Å². The van der Waals surface area contributed by atoms with Crippen LogP contribution in [0.2, 0.25) is 0 Å². The molecule has 1 rings (SSSR count). The molecule has 0 radical (unpaired) electrons. The topological polar surface area (TPSA) is 55.5 Å². The Bertz CT molecular complexity index is 255. The number of rotatable bonds is 5. The maximum absolute atomic E-state index is 8.95. The molecule has 0 spiro atoms. The fourth-order valence-corrected chi connectivity index (χ4v) is 1.53. The van der Waals surface area contributed by atoms with Gasteiger partial charge in [0.1, 0.15) is 0 Å². The van der Waals surface area contributed by atoms with Gasteiger partial charge in [0.05, 0.1) is 12.1 Å². The van der Waals surface area contributed by atoms with Gasteiger partial charge >= 0.3 is 0 Å². The number of benzene rings is 1. The molecule has 3 N–H and O–H groups in total. The number of methoxy groups -OCH3 is 1. The molecule has 0 aliphatic heterocycles. The van der Waals surface area contributed by atoms with Crippen molar-refractivity contribution >= 4 is 0 Å². The molecule has 0 amide bonds. The van der Waals surface area contributed by atoms with Crippen molar-refractivity contribution in [3.63, 3.8) is 0 Å². The first-order valence-electron chi connectivity index (χ1n) is 4.67. The van der Waals surface area contributed by atoms with Gasteiger partial charge in [-0.2, -0.15) is 0 Å². The number of aliphatic hydroxyl groups is 1. The zero-order chi connectivity index (χ0) is 10.4. The summed E-state index contributed by atoms with van der Waals surface area (Å²) in [5.41, 5.74) is 6.57. The molecule has 0 fully saturated rings. The Kier molecular flexibility index (Phi) is 4.07. The van der Waals surface area contributed by atoms with Crippen molar-refractivity contribution in [3.05, 3.63) is 35.9 Å². The van der Waals surface area contributed by atoms with Crippen molar-refractivity contribution in [1.29, 1.82) is 0 Å². The molecule has 0 saturated carbocycles. The van der Waals surface area contributed by atoms with E-state index in [1.165, 1.54) is 0 Å². The van der Waals surface area contributed by atoms with E-state index < -0.39 is 5.54 Å². The van der Waals surface area contributed by atoms with Crippen molar-refractivity contribution in [2.24, 2.45) is 5.73 Å². The summed E-state index contributed by atoms with van der Waals surface area (Å²) in [6, 6.07) is 9.72. The third kappa shape index (κ3) is 2.54. The minimum absolute atomic E-state index is 0.0642. The van der Waals surface area contributed by atoms with Crippen LogP contribution in [-0.2, 0) is 10.3 Å². The molecular weight excluding hydrogens is 178 g/mol. The highest BCUT2D eigenvalue weighted by Gasteiger charge is 2.26. The van der Waals surface area contributed by atoms with Gasteiger partial charge in [-0.05, 0) is 12.0 Å². The molecule has 0 heterocycles. The lowest BCUT2D eigenvalue weighted by atomic mass is 9.89. The van der Waals surface area contributed by atoms with Crippen LogP contribution in [0.15, 0.2) is 30.3 Å². The molecule has 0 bridgehead atoms. The highest BCUT2D eigenvalue weighted by atomic mass is 16.5. The summed E-state index contributed by atoms with van der Waals surface area (Å²) in [7, 11) is 1.61. The fourth-order valence-electron chi connectivity index (χ4n) is 1.53. The number of aliphatic hydroxyl groups excluding tert-OH is 1. The predicted octanol–water partition coefficient (Wildman–Crippen LogP) is 0.869. The third-order valence-electron chi connectivity index (χ3n) is 2.31. The van der Waals surface area contributed by atoms with E-state index in [1.54, 1.807) is 7.11 Å². The Labute approximate surface area is 84.5 Å². The van der Waals surface area contributed by atoms with E-state index >= 15 is 0 Å². The number of nitrogens with two attached hydrogens (primary N) is 1. The second-order valence-corrected chi connectivity index (χ2v) is 3.43. The number of hydrogen-bond acceptors (Lipinski definition) is 3. The van der Waals surface area contributed by atoms with E-state index in [0.717, 1.165) is 5.56 Å². The molecule has 14 heavy (non-hydrogen) atoms. The monoisotopic (exact) mass is 195 g/mol. The largest absolute Gasteiger partial charge is 0.396 e. The van der Waals surface area contributed by atoms with Crippen molar-refractivity contribution in [1.82, 2.24) is 0 Å². The average Bonchev–Trinajstić information content (AvgIpc) is 2.20. The minimum Gasteiger partial charge on any atom is -0.396 e. The van der Waals surface area contributed by atoms with E-state index in [0.29, 0.717) is 13.0 Å². The van der Waals surface area contributed by atoms with Gasteiger partial charge in [0, 0.05) is 13.7 Å². The highest BCUT2D eigenvalue weighted by Crippen LogP contribution is 2.21. The summed E-state index contributed by atoms with van der Waals surface area (Å²) in [4.78, 5) is 0. The van der Waals surface area contributed by atoms with Crippen LogP contribution >= 0.6 is 0 Å². The summed E-state index contributed by atoms with van der Waals surface area (Å²) in [5, 5.41) is 8.95. The summed E-state index contributed by atoms with van der Waals surface area (Å²) >= 11 is 0. The zero-order valence-electron chi connectivity index (χ0n) is 8.44. The van der Waals surface area contributed by atoms with Gasteiger partial charge in [0.25, 0.3) is 0 Å². The fraction of sp³-hybridized carbons (Fsp3) is 0.455. The minimum atomic E-state index is -0.579. The van der Waals surface area contributed by atoms with Gasteiger partial charge in [0.2, 0.25) is 0 Å². The summed E-state index contributed by atoms with van der Waals surface area (Å²) in [5.74, 6) is 0. The molecule has 3 nitrogen and oxygen atoms in total. The van der Waals surface area contributed by atoms with Crippen molar-refractivity contribution < 1.29 is 9.84 Å². The molecule has 3 heteroatoms. The van der Waals surface area contributed by atoms with Crippen LogP contribution in [-0.4, -0.2) is 25.4 Å². The Morgan fingerprint density at radius 2 is 2.00 bits per heavy atom. The molecule has 0 aromatic heterocycles. The molecule has 1 aromatic rings. The maximum Gasteiger partial charge on any atom is 0.0685 e. The number of ether oxygens (including phenoxy) is 1. The van der Waals surface area contributed by atoms with Crippen LogP contribution in [0.5, 0.6) is 0 Å². The Morgan fingerprint density at radius 3 is 2.50 bits per heavy atom. The van der Waals surface area contributed by atoms with Crippen LogP contribution in [0.25, 0.3) is 0 Å². The molecule has 78 valence electrons. The first-order chi connectivity index (χ1) is 6.73. The SMILES string of the molecule is COCC(N)(CCO)c1ccccc1. The zero-order valence-corrected chi connectivity index (χ0v) is 8.44. The number of hydrogen-bond donors (Lipinski definition) is 2. The van der Waals surface area contributed by atoms with Crippen LogP contribution in [0, 0.1) is 0 Å². The second kappa shape index (κ2) is 5.10. The maximum atomic E-state index is 8.95. The van der Waals surface area contributed by atoms with Crippen molar-refractivity contribution in [2.75, 3.05) is 20.3 Å². The van der Waals surface area contributed by atoms with Crippen LogP contribution in [0.1, 0.15) is 12.0 Å². The molecule has 1 atom stereocenters. The Balaban J connectivity index is 2.87. The van der Waals surface area contributed by atoms with E-state index in [1.807, 2.05) is 30.3 Å². The Morgan fingerprint density at radius 1 is 1.36 bits per heavy atom. The first kappa shape index (κ1) is 11.2. The predicted molar refractivity (Wildman–Crippen MR) is 55.9 cm³/mol. The lowest BCUT2D eigenvalue weighted by Gasteiger charge is -2.28. The van der Waals surface area contributed by atoms with E-state index in [9.17, 15) is 0 Å². The standard InChI is InChI=1S/C11H17NO2/c1-14-9-11(12,7-8-13)10-5-3-2-4-6-10/h2-6,13H,7-9,12H2,1H3.